The number of ether oxygens (including phenoxy) is 3. The third-order valence-electron chi connectivity index (χ3n) is 5.27. The minimum absolute atomic E-state index is 0.0282. The van der Waals surface area contributed by atoms with Gasteiger partial charge >= 0.3 is 0 Å². The highest BCUT2D eigenvalue weighted by molar-refractivity contribution is 7.91. The SMILES string of the molecule is COc1ccc2ncc(S(=O)(=O)c3ccc(Cl)cc3)c(Nc3ccc4c(c3)OCCO4)c2c1. The molecule has 7 nitrogen and oxygen atoms in total. The van der Waals surface area contributed by atoms with Crippen LogP contribution in [0.4, 0.5) is 11.4 Å². The zero-order valence-electron chi connectivity index (χ0n) is 17.5. The summed E-state index contributed by atoms with van der Waals surface area (Å²) in [4.78, 5) is 4.53. The van der Waals surface area contributed by atoms with Gasteiger partial charge in [0.15, 0.2) is 11.5 Å². The normalized spacial score (nSPS) is 13.0. The Bertz CT molecular complexity index is 1460. The Kier molecular flexibility index (Phi) is 5.47. The van der Waals surface area contributed by atoms with Crippen LogP contribution in [0.25, 0.3) is 10.9 Å². The summed E-state index contributed by atoms with van der Waals surface area (Å²) in [6.45, 7) is 0.931. The second-order valence-electron chi connectivity index (χ2n) is 7.32. The van der Waals surface area contributed by atoms with E-state index < -0.39 is 9.84 Å². The maximum Gasteiger partial charge on any atom is 0.210 e. The van der Waals surface area contributed by atoms with Crippen LogP contribution in [0.15, 0.2) is 76.7 Å². The van der Waals surface area contributed by atoms with Crippen molar-refractivity contribution in [1.29, 1.82) is 0 Å². The van der Waals surface area contributed by atoms with Crippen molar-refractivity contribution < 1.29 is 22.6 Å². The molecule has 33 heavy (non-hydrogen) atoms. The van der Waals surface area contributed by atoms with Gasteiger partial charge < -0.3 is 19.5 Å². The van der Waals surface area contributed by atoms with Crippen LogP contribution in [0.2, 0.25) is 5.02 Å². The van der Waals surface area contributed by atoms with Gasteiger partial charge in [0.1, 0.15) is 23.9 Å². The zero-order valence-corrected chi connectivity index (χ0v) is 19.1. The van der Waals surface area contributed by atoms with E-state index in [1.54, 1.807) is 55.6 Å². The average Bonchev–Trinajstić information content (AvgIpc) is 2.84. The summed E-state index contributed by atoms with van der Waals surface area (Å²) >= 11 is 5.96. The summed E-state index contributed by atoms with van der Waals surface area (Å²) in [5, 5.41) is 4.31. The topological polar surface area (TPSA) is 86.8 Å². The van der Waals surface area contributed by atoms with E-state index in [9.17, 15) is 8.42 Å². The number of hydrogen-bond acceptors (Lipinski definition) is 7. The molecule has 0 saturated heterocycles. The lowest BCUT2D eigenvalue weighted by atomic mass is 10.1. The molecule has 2 heterocycles. The van der Waals surface area contributed by atoms with Gasteiger partial charge in [-0.2, -0.15) is 0 Å². The van der Waals surface area contributed by atoms with Gasteiger partial charge in [-0.25, -0.2) is 8.42 Å². The molecule has 0 fully saturated rings. The smallest absolute Gasteiger partial charge is 0.210 e. The van der Waals surface area contributed by atoms with Gasteiger partial charge in [0.05, 0.1) is 23.2 Å². The predicted octanol–water partition coefficient (Wildman–Crippen LogP) is 5.24. The number of benzene rings is 3. The first kappa shape index (κ1) is 21.4. The standard InChI is InChI=1S/C24H19ClN2O5S/c1-30-17-5-8-20-19(13-17)24(27-16-4-9-21-22(12-16)32-11-10-31-21)23(14-26-20)33(28,29)18-6-2-15(25)3-7-18/h2-9,12-14H,10-11H2,1H3,(H,26,27). The molecule has 0 radical (unpaired) electrons. The number of aromatic nitrogens is 1. The van der Waals surface area contributed by atoms with Crippen molar-refractivity contribution in [3.63, 3.8) is 0 Å². The number of nitrogens with one attached hydrogen (secondary N) is 1. The van der Waals surface area contributed by atoms with E-state index in [1.807, 2.05) is 0 Å². The Morgan fingerprint density at radius 3 is 2.48 bits per heavy atom. The molecule has 0 bridgehead atoms. The molecule has 4 aromatic rings. The van der Waals surface area contributed by atoms with Crippen LogP contribution in [-0.4, -0.2) is 33.7 Å². The minimum atomic E-state index is -3.92. The largest absolute Gasteiger partial charge is 0.497 e. The number of pyridine rings is 1. The van der Waals surface area contributed by atoms with E-state index in [0.717, 1.165) is 0 Å². The van der Waals surface area contributed by atoms with Gasteiger partial charge in [-0.1, -0.05) is 11.6 Å². The highest BCUT2D eigenvalue weighted by Gasteiger charge is 2.25. The number of rotatable bonds is 5. The number of anilines is 2. The molecule has 1 aliphatic heterocycles. The van der Waals surface area contributed by atoms with Crippen molar-refractivity contribution in [3.8, 4) is 17.2 Å². The molecule has 1 aliphatic rings. The molecule has 9 heteroatoms. The van der Waals surface area contributed by atoms with Crippen LogP contribution in [0.3, 0.4) is 0 Å². The molecule has 0 saturated carbocycles. The Hall–Kier alpha value is -3.49. The second-order valence-corrected chi connectivity index (χ2v) is 9.68. The average molecular weight is 483 g/mol. The predicted molar refractivity (Wildman–Crippen MR) is 126 cm³/mol. The van der Waals surface area contributed by atoms with Crippen molar-refractivity contribution >= 4 is 43.7 Å². The van der Waals surface area contributed by atoms with Gasteiger partial charge in [-0.3, -0.25) is 4.98 Å². The van der Waals surface area contributed by atoms with Crippen LogP contribution in [0, 0.1) is 0 Å². The molecule has 1 N–H and O–H groups in total. The van der Waals surface area contributed by atoms with Crippen molar-refractivity contribution in [2.24, 2.45) is 0 Å². The van der Waals surface area contributed by atoms with E-state index in [-0.39, 0.29) is 9.79 Å². The first-order chi connectivity index (χ1) is 16.0. The molecule has 1 aromatic heterocycles. The fourth-order valence-electron chi connectivity index (χ4n) is 3.62. The Morgan fingerprint density at radius 2 is 1.73 bits per heavy atom. The maximum atomic E-state index is 13.6. The first-order valence-corrected chi connectivity index (χ1v) is 12.0. The lowest BCUT2D eigenvalue weighted by Gasteiger charge is -2.20. The minimum Gasteiger partial charge on any atom is -0.497 e. The van der Waals surface area contributed by atoms with E-state index in [4.69, 9.17) is 25.8 Å². The molecular weight excluding hydrogens is 464 g/mol. The third-order valence-corrected chi connectivity index (χ3v) is 7.30. The number of hydrogen-bond donors (Lipinski definition) is 1. The van der Waals surface area contributed by atoms with Crippen molar-refractivity contribution in [2.75, 3.05) is 25.6 Å². The maximum absolute atomic E-state index is 13.6. The summed E-state index contributed by atoms with van der Waals surface area (Å²) < 4.78 is 43.8. The van der Waals surface area contributed by atoms with Crippen LogP contribution in [0.5, 0.6) is 17.2 Å². The molecule has 0 aliphatic carbocycles. The summed E-state index contributed by atoms with van der Waals surface area (Å²) in [5.74, 6) is 1.81. The lowest BCUT2D eigenvalue weighted by molar-refractivity contribution is 0.171. The Labute approximate surface area is 195 Å². The number of fused-ring (bicyclic) bond motifs is 2. The molecule has 0 spiro atoms. The quantitative estimate of drug-likeness (QED) is 0.416. The van der Waals surface area contributed by atoms with Crippen molar-refractivity contribution in [3.05, 3.63) is 71.9 Å². The van der Waals surface area contributed by atoms with Crippen molar-refractivity contribution in [2.45, 2.75) is 9.79 Å². The van der Waals surface area contributed by atoms with E-state index >= 15 is 0 Å². The van der Waals surface area contributed by atoms with Crippen molar-refractivity contribution in [1.82, 2.24) is 4.98 Å². The summed E-state index contributed by atoms with van der Waals surface area (Å²) in [5.41, 5.74) is 1.64. The highest BCUT2D eigenvalue weighted by atomic mass is 35.5. The zero-order chi connectivity index (χ0) is 23.0. The molecule has 0 amide bonds. The number of nitrogens with zero attached hydrogens (tertiary/aromatic N) is 1. The fourth-order valence-corrected chi connectivity index (χ4v) is 5.11. The number of halogens is 1. The third kappa shape index (κ3) is 4.03. The fraction of sp³-hybridized carbons (Fsp3) is 0.125. The molecule has 0 atom stereocenters. The molecule has 0 unspecified atom stereocenters. The highest BCUT2D eigenvalue weighted by Crippen LogP contribution is 2.39. The summed E-state index contributed by atoms with van der Waals surface area (Å²) in [7, 11) is -2.36. The van der Waals surface area contributed by atoms with E-state index in [0.29, 0.717) is 57.8 Å². The molecular formula is C24H19ClN2O5S. The Balaban J connectivity index is 1.70. The first-order valence-electron chi connectivity index (χ1n) is 10.1. The lowest BCUT2D eigenvalue weighted by Crippen LogP contribution is -2.15. The van der Waals surface area contributed by atoms with E-state index in [1.165, 1.54) is 18.3 Å². The van der Waals surface area contributed by atoms with Crippen LogP contribution in [0.1, 0.15) is 0 Å². The van der Waals surface area contributed by atoms with Crippen LogP contribution >= 0.6 is 11.6 Å². The van der Waals surface area contributed by atoms with Gasteiger partial charge in [0.25, 0.3) is 0 Å². The number of sulfone groups is 1. The van der Waals surface area contributed by atoms with E-state index in [2.05, 4.69) is 10.3 Å². The van der Waals surface area contributed by atoms with Gasteiger partial charge in [-0.15, -0.1) is 0 Å². The van der Waals surface area contributed by atoms with Gasteiger partial charge in [0, 0.05) is 28.4 Å². The van der Waals surface area contributed by atoms with Crippen LogP contribution in [-0.2, 0) is 9.84 Å². The summed E-state index contributed by atoms with van der Waals surface area (Å²) in [6, 6.07) is 16.7. The molecule has 3 aromatic carbocycles. The van der Waals surface area contributed by atoms with Gasteiger partial charge in [0.2, 0.25) is 9.84 Å². The van der Waals surface area contributed by atoms with Crippen LogP contribution < -0.4 is 19.5 Å². The molecule has 5 rings (SSSR count). The summed E-state index contributed by atoms with van der Waals surface area (Å²) in [6.07, 6.45) is 1.36. The Morgan fingerprint density at radius 1 is 0.970 bits per heavy atom. The molecule has 168 valence electrons. The monoisotopic (exact) mass is 482 g/mol. The van der Waals surface area contributed by atoms with Gasteiger partial charge in [-0.05, 0) is 54.6 Å². The number of methoxy groups -OCH3 is 1. The second kappa shape index (κ2) is 8.46.